The topological polar surface area (TPSA) is 80.8 Å². The first kappa shape index (κ1) is 20.7. The zero-order chi connectivity index (χ0) is 20.1. The van der Waals surface area contributed by atoms with Crippen LogP contribution in [-0.2, 0) is 24.2 Å². The van der Waals surface area contributed by atoms with Crippen molar-refractivity contribution >= 4 is 44.2 Å². The minimum absolute atomic E-state index is 0.0155. The smallest absolute Gasteiger partial charge is 0.316 e. The second-order valence-electron chi connectivity index (χ2n) is 6.69. The second-order valence-corrected chi connectivity index (χ2v) is 9.97. The molecule has 1 heterocycles. The second kappa shape index (κ2) is 8.96. The highest BCUT2D eigenvalue weighted by Crippen LogP contribution is 2.23. The van der Waals surface area contributed by atoms with Crippen LogP contribution >= 0.6 is 11.8 Å². The molecule has 2 aromatic carbocycles. The van der Waals surface area contributed by atoms with Crippen molar-refractivity contribution in [1.29, 1.82) is 0 Å². The summed E-state index contributed by atoms with van der Waals surface area (Å²) in [5, 5.41) is 2.23. The van der Waals surface area contributed by atoms with Crippen LogP contribution in [0.1, 0.15) is 13.3 Å². The number of amides is 1. The first-order chi connectivity index (χ1) is 13.4. The highest BCUT2D eigenvalue weighted by molar-refractivity contribution is 8.00. The fraction of sp³-hybridized carbons (Fsp3) is 0.400. The maximum absolute atomic E-state index is 12.3. The van der Waals surface area contributed by atoms with E-state index < -0.39 is 15.8 Å². The van der Waals surface area contributed by atoms with Crippen molar-refractivity contribution in [1.82, 2.24) is 4.90 Å². The Labute approximate surface area is 169 Å². The Morgan fingerprint density at radius 2 is 1.93 bits per heavy atom. The molecule has 1 amide bonds. The van der Waals surface area contributed by atoms with E-state index in [0.29, 0.717) is 13.0 Å². The third-order valence-electron chi connectivity index (χ3n) is 4.74. The molecule has 2 aromatic rings. The molecule has 1 saturated heterocycles. The van der Waals surface area contributed by atoms with Gasteiger partial charge in [-0.05, 0) is 36.2 Å². The number of carbonyl (C=O) groups excluding carboxylic acids is 2. The lowest BCUT2D eigenvalue weighted by Crippen LogP contribution is -2.43. The van der Waals surface area contributed by atoms with Gasteiger partial charge in [-0.25, -0.2) is 8.42 Å². The summed E-state index contributed by atoms with van der Waals surface area (Å²) in [6, 6.07) is 13.6. The Balaban J connectivity index is 1.48. The van der Waals surface area contributed by atoms with Gasteiger partial charge < -0.3 is 9.64 Å². The number of rotatable bonds is 7. The minimum Gasteiger partial charge on any atom is -0.455 e. The molecule has 0 spiro atoms. The fourth-order valence-electron chi connectivity index (χ4n) is 3.33. The molecule has 1 unspecified atom stereocenters. The van der Waals surface area contributed by atoms with Gasteiger partial charge in [-0.2, -0.15) is 0 Å². The van der Waals surface area contributed by atoms with Gasteiger partial charge in [-0.3, -0.25) is 9.59 Å². The quantitative estimate of drug-likeness (QED) is 0.505. The number of esters is 1. The Hall–Kier alpha value is -2.06. The number of ether oxygens (including phenoxy) is 1. The number of likely N-dealkylation sites (N-methyl/N-ethyl adjacent to an activating group) is 1. The van der Waals surface area contributed by atoms with Crippen molar-refractivity contribution in [2.45, 2.75) is 24.3 Å². The van der Waals surface area contributed by atoms with Crippen LogP contribution in [0.2, 0.25) is 0 Å². The molecule has 3 rings (SSSR count). The van der Waals surface area contributed by atoms with Crippen LogP contribution in [0.25, 0.3) is 10.8 Å². The van der Waals surface area contributed by atoms with Gasteiger partial charge in [0.1, 0.15) is 0 Å². The largest absolute Gasteiger partial charge is 0.455 e. The normalized spacial score (nSPS) is 18.1. The average molecular weight is 422 g/mol. The van der Waals surface area contributed by atoms with E-state index in [2.05, 4.69) is 0 Å². The van der Waals surface area contributed by atoms with Gasteiger partial charge in [0.15, 0.2) is 16.4 Å². The SMILES string of the molecule is CCN(C(=O)COC(=O)CSc1ccc2ccccc2c1)C1CCS(=O)(=O)C1. The van der Waals surface area contributed by atoms with Crippen molar-refractivity contribution in [3.63, 3.8) is 0 Å². The lowest BCUT2D eigenvalue weighted by molar-refractivity contribution is -0.150. The maximum Gasteiger partial charge on any atom is 0.316 e. The van der Waals surface area contributed by atoms with E-state index in [9.17, 15) is 18.0 Å². The summed E-state index contributed by atoms with van der Waals surface area (Å²) in [6.07, 6.45) is 0.438. The van der Waals surface area contributed by atoms with Crippen molar-refractivity contribution in [3.8, 4) is 0 Å². The predicted molar refractivity (Wildman–Crippen MR) is 110 cm³/mol. The van der Waals surface area contributed by atoms with Crippen LogP contribution in [0.4, 0.5) is 0 Å². The summed E-state index contributed by atoms with van der Waals surface area (Å²) in [5.41, 5.74) is 0. The van der Waals surface area contributed by atoms with E-state index in [4.69, 9.17) is 4.74 Å². The maximum atomic E-state index is 12.3. The van der Waals surface area contributed by atoms with Crippen molar-refractivity contribution < 1.29 is 22.7 Å². The van der Waals surface area contributed by atoms with E-state index in [1.807, 2.05) is 42.5 Å². The van der Waals surface area contributed by atoms with Gasteiger partial charge in [0.05, 0.1) is 17.3 Å². The first-order valence-electron chi connectivity index (χ1n) is 9.15. The van der Waals surface area contributed by atoms with E-state index in [1.54, 1.807) is 6.92 Å². The summed E-state index contributed by atoms with van der Waals surface area (Å²) >= 11 is 1.36. The standard InChI is InChI=1S/C20H23NO5S2/c1-2-21(17-9-10-28(24,25)14-17)19(22)12-26-20(23)13-27-18-8-7-15-5-3-4-6-16(15)11-18/h3-8,11,17H,2,9-10,12-14H2,1H3. The van der Waals surface area contributed by atoms with Crippen LogP contribution in [0, 0.1) is 0 Å². The van der Waals surface area contributed by atoms with E-state index in [0.717, 1.165) is 15.7 Å². The number of fused-ring (bicyclic) bond motifs is 1. The molecule has 8 heteroatoms. The molecule has 1 aliphatic rings. The third kappa shape index (κ3) is 5.26. The number of hydrogen-bond donors (Lipinski definition) is 0. The monoisotopic (exact) mass is 421 g/mol. The molecule has 0 bridgehead atoms. The van der Waals surface area contributed by atoms with Gasteiger partial charge in [-0.1, -0.05) is 30.3 Å². The van der Waals surface area contributed by atoms with Gasteiger partial charge in [0, 0.05) is 17.5 Å². The van der Waals surface area contributed by atoms with Gasteiger partial charge in [0.2, 0.25) is 0 Å². The number of carbonyl (C=O) groups is 2. The summed E-state index contributed by atoms with van der Waals surface area (Å²) in [7, 11) is -3.08. The zero-order valence-corrected chi connectivity index (χ0v) is 17.3. The molecular weight excluding hydrogens is 398 g/mol. The first-order valence-corrected chi connectivity index (χ1v) is 12.0. The fourth-order valence-corrected chi connectivity index (χ4v) is 5.80. The number of benzene rings is 2. The van der Waals surface area contributed by atoms with Crippen LogP contribution in [-0.4, -0.2) is 61.6 Å². The van der Waals surface area contributed by atoms with E-state index >= 15 is 0 Å². The van der Waals surface area contributed by atoms with Crippen molar-refractivity contribution in [2.24, 2.45) is 0 Å². The highest BCUT2D eigenvalue weighted by atomic mass is 32.2. The van der Waals surface area contributed by atoms with Crippen LogP contribution in [0.15, 0.2) is 47.4 Å². The number of sulfone groups is 1. The molecule has 1 atom stereocenters. The van der Waals surface area contributed by atoms with Crippen LogP contribution in [0.5, 0.6) is 0 Å². The molecule has 0 aliphatic carbocycles. The van der Waals surface area contributed by atoms with Crippen LogP contribution < -0.4 is 0 Å². The zero-order valence-electron chi connectivity index (χ0n) is 15.7. The van der Waals surface area contributed by atoms with Gasteiger partial charge in [-0.15, -0.1) is 11.8 Å². The van der Waals surface area contributed by atoms with Gasteiger partial charge >= 0.3 is 5.97 Å². The summed E-state index contributed by atoms with van der Waals surface area (Å²) < 4.78 is 28.4. The van der Waals surface area contributed by atoms with Crippen molar-refractivity contribution in [3.05, 3.63) is 42.5 Å². The average Bonchev–Trinajstić information content (AvgIpc) is 3.04. The highest BCUT2D eigenvalue weighted by Gasteiger charge is 2.34. The Kier molecular flexibility index (Phi) is 6.61. The summed E-state index contributed by atoms with van der Waals surface area (Å²) in [4.78, 5) is 26.8. The molecule has 0 aromatic heterocycles. The lowest BCUT2D eigenvalue weighted by Gasteiger charge is -2.26. The Morgan fingerprint density at radius 1 is 1.18 bits per heavy atom. The van der Waals surface area contributed by atoms with Gasteiger partial charge in [0.25, 0.3) is 5.91 Å². The number of nitrogens with zero attached hydrogens (tertiary/aromatic N) is 1. The molecular formula is C20H23NO5S2. The summed E-state index contributed by atoms with van der Waals surface area (Å²) in [6.45, 7) is 1.82. The molecule has 0 saturated carbocycles. The predicted octanol–water partition coefficient (Wildman–Crippen LogP) is 2.51. The molecule has 1 aliphatic heterocycles. The Morgan fingerprint density at radius 3 is 2.61 bits per heavy atom. The number of hydrogen-bond acceptors (Lipinski definition) is 6. The molecule has 1 fully saturated rings. The summed E-state index contributed by atoms with van der Waals surface area (Å²) in [5.74, 6) is -0.632. The molecule has 6 nitrogen and oxygen atoms in total. The third-order valence-corrected chi connectivity index (χ3v) is 7.46. The van der Waals surface area contributed by atoms with Crippen LogP contribution in [0.3, 0.4) is 0 Å². The van der Waals surface area contributed by atoms with Crippen molar-refractivity contribution in [2.75, 3.05) is 30.4 Å². The van der Waals surface area contributed by atoms with E-state index in [-0.39, 0.29) is 35.8 Å². The minimum atomic E-state index is -3.08. The molecule has 28 heavy (non-hydrogen) atoms. The lowest BCUT2D eigenvalue weighted by atomic mass is 10.1. The molecule has 0 N–H and O–H groups in total. The Bertz CT molecular complexity index is 973. The van der Waals surface area contributed by atoms with E-state index in [1.165, 1.54) is 16.7 Å². The molecule has 150 valence electrons. The molecule has 0 radical (unpaired) electrons. The number of thioether (sulfide) groups is 1.